The molecule has 0 bridgehead atoms. The Hall–Kier alpha value is -2.56. The zero-order chi connectivity index (χ0) is 14.3. The first-order valence-electron chi connectivity index (χ1n) is 6.01. The first-order valence-corrected chi connectivity index (χ1v) is 6.01. The van der Waals surface area contributed by atoms with Crippen LogP contribution in [0, 0.1) is 18.6 Å². The van der Waals surface area contributed by atoms with Crippen LogP contribution >= 0.6 is 0 Å². The highest BCUT2D eigenvalue weighted by Crippen LogP contribution is 2.16. The Bertz CT molecular complexity index is 871. The van der Waals surface area contributed by atoms with Gasteiger partial charge in [-0.1, -0.05) is 18.2 Å². The van der Waals surface area contributed by atoms with E-state index >= 15 is 0 Å². The van der Waals surface area contributed by atoms with Crippen molar-refractivity contribution < 1.29 is 8.78 Å². The number of aryl methyl sites for hydroxylation is 1. The van der Waals surface area contributed by atoms with Gasteiger partial charge in [0.15, 0.2) is 11.6 Å². The standard InChI is InChI=1S/C15H10F2N2O/c1-9-4-2-3-5-14(9)19-15(20)11-7-13(17)12(16)6-10(11)8-18-19/h2-8H,1H3. The molecule has 20 heavy (non-hydrogen) atoms. The molecule has 2 aromatic carbocycles. The first-order chi connectivity index (χ1) is 9.58. The summed E-state index contributed by atoms with van der Waals surface area (Å²) in [4.78, 5) is 12.4. The van der Waals surface area contributed by atoms with Crippen molar-refractivity contribution in [2.45, 2.75) is 6.92 Å². The van der Waals surface area contributed by atoms with Crippen LogP contribution in [-0.2, 0) is 0 Å². The van der Waals surface area contributed by atoms with Crippen molar-refractivity contribution in [2.24, 2.45) is 0 Å². The van der Waals surface area contributed by atoms with Crippen molar-refractivity contribution in [1.29, 1.82) is 0 Å². The van der Waals surface area contributed by atoms with Gasteiger partial charge >= 0.3 is 0 Å². The number of hydrogen-bond acceptors (Lipinski definition) is 2. The van der Waals surface area contributed by atoms with Crippen molar-refractivity contribution in [3.63, 3.8) is 0 Å². The smallest absolute Gasteiger partial charge is 0.267 e. The molecule has 0 aliphatic heterocycles. The van der Waals surface area contributed by atoms with Crippen molar-refractivity contribution in [3.05, 3.63) is 70.1 Å². The zero-order valence-corrected chi connectivity index (χ0v) is 10.6. The van der Waals surface area contributed by atoms with Crippen molar-refractivity contribution >= 4 is 10.8 Å². The molecule has 0 aliphatic carbocycles. The second kappa shape index (κ2) is 4.52. The Morgan fingerprint density at radius 2 is 1.80 bits per heavy atom. The number of benzene rings is 2. The molecule has 0 radical (unpaired) electrons. The van der Waals surface area contributed by atoms with E-state index < -0.39 is 17.2 Å². The molecule has 0 fully saturated rings. The average molecular weight is 272 g/mol. The van der Waals surface area contributed by atoms with Crippen LogP contribution in [0.3, 0.4) is 0 Å². The predicted octanol–water partition coefficient (Wildman–Crippen LogP) is 2.97. The van der Waals surface area contributed by atoms with Gasteiger partial charge in [0, 0.05) is 5.39 Å². The summed E-state index contributed by atoms with van der Waals surface area (Å²) in [6.07, 6.45) is 1.35. The van der Waals surface area contributed by atoms with Crippen LogP contribution < -0.4 is 5.56 Å². The minimum atomic E-state index is -1.04. The maximum absolute atomic E-state index is 13.3. The number of fused-ring (bicyclic) bond motifs is 1. The Balaban J connectivity index is 2.35. The molecule has 3 nitrogen and oxygen atoms in total. The highest BCUT2D eigenvalue weighted by atomic mass is 19.2. The van der Waals surface area contributed by atoms with Crippen LogP contribution in [0.4, 0.5) is 8.78 Å². The molecule has 0 spiro atoms. The van der Waals surface area contributed by atoms with Crippen LogP contribution in [0.2, 0.25) is 0 Å². The predicted molar refractivity (Wildman–Crippen MR) is 72.0 cm³/mol. The van der Waals surface area contributed by atoms with Gasteiger partial charge in [-0.25, -0.2) is 8.78 Å². The second-order valence-corrected chi connectivity index (χ2v) is 4.50. The van der Waals surface area contributed by atoms with Gasteiger partial charge in [0.1, 0.15) is 0 Å². The third-order valence-corrected chi connectivity index (χ3v) is 3.17. The third kappa shape index (κ3) is 1.87. The van der Waals surface area contributed by atoms with E-state index in [1.165, 1.54) is 10.9 Å². The summed E-state index contributed by atoms with van der Waals surface area (Å²) in [5, 5.41) is 4.40. The van der Waals surface area contributed by atoms with Crippen LogP contribution in [0.25, 0.3) is 16.5 Å². The lowest BCUT2D eigenvalue weighted by Gasteiger charge is -2.08. The van der Waals surface area contributed by atoms with E-state index in [2.05, 4.69) is 5.10 Å². The zero-order valence-electron chi connectivity index (χ0n) is 10.6. The molecule has 0 atom stereocenters. The van der Waals surface area contributed by atoms with E-state index in [1.54, 1.807) is 12.1 Å². The minimum absolute atomic E-state index is 0.0992. The molecule has 0 N–H and O–H groups in total. The van der Waals surface area contributed by atoms with Gasteiger partial charge in [0.2, 0.25) is 0 Å². The Labute approximate surface area is 113 Å². The van der Waals surface area contributed by atoms with E-state index in [-0.39, 0.29) is 10.8 Å². The molecule has 0 amide bonds. The van der Waals surface area contributed by atoms with Gasteiger partial charge in [0.25, 0.3) is 5.56 Å². The quantitative estimate of drug-likeness (QED) is 0.682. The maximum atomic E-state index is 13.3. The second-order valence-electron chi connectivity index (χ2n) is 4.50. The topological polar surface area (TPSA) is 34.9 Å². The van der Waals surface area contributed by atoms with E-state index in [0.29, 0.717) is 5.69 Å². The summed E-state index contributed by atoms with van der Waals surface area (Å²) in [6, 6.07) is 9.10. The van der Waals surface area contributed by atoms with E-state index in [0.717, 1.165) is 17.7 Å². The molecule has 3 aromatic rings. The van der Waals surface area contributed by atoms with E-state index in [9.17, 15) is 13.6 Å². The fourth-order valence-corrected chi connectivity index (χ4v) is 2.11. The molecule has 0 unspecified atom stereocenters. The van der Waals surface area contributed by atoms with E-state index in [4.69, 9.17) is 0 Å². The van der Waals surface area contributed by atoms with Crippen LogP contribution in [0.5, 0.6) is 0 Å². The molecule has 1 heterocycles. The molecule has 100 valence electrons. The lowest BCUT2D eigenvalue weighted by Crippen LogP contribution is -2.21. The van der Waals surface area contributed by atoms with Crippen molar-refractivity contribution in [1.82, 2.24) is 9.78 Å². The van der Waals surface area contributed by atoms with Gasteiger partial charge in [-0.2, -0.15) is 9.78 Å². The highest BCUT2D eigenvalue weighted by molar-refractivity contribution is 5.81. The molecular formula is C15H10F2N2O. The first kappa shape index (κ1) is 12.5. The summed E-state index contributed by atoms with van der Waals surface area (Å²) < 4.78 is 27.6. The number of halogens is 2. The molecule has 5 heteroatoms. The Kier molecular flexibility index (Phi) is 2.82. The summed E-state index contributed by atoms with van der Waals surface area (Å²) in [5.74, 6) is -2.04. The third-order valence-electron chi connectivity index (χ3n) is 3.17. The maximum Gasteiger partial charge on any atom is 0.279 e. The molecule has 0 saturated heterocycles. The molecule has 0 saturated carbocycles. The Morgan fingerprint density at radius 1 is 1.10 bits per heavy atom. The number of hydrogen-bond donors (Lipinski definition) is 0. The number of rotatable bonds is 1. The largest absolute Gasteiger partial charge is 0.279 e. The van der Waals surface area contributed by atoms with Gasteiger partial charge in [0.05, 0.1) is 17.3 Å². The fourth-order valence-electron chi connectivity index (χ4n) is 2.11. The number of para-hydroxylation sites is 1. The van der Waals surface area contributed by atoms with Gasteiger partial charge in [-0.05, 0) is 30.7 Å². The van der Waals surface area contributed by atoms with Crippen LogP contribution in [-0.4, -0.2) is 9.78 Å². The minimum Gasteiger partial charge on any atom is -0.267 e. The Morgan fingerprint density at radius 3 is 2.55 bits per heavy atom. The van der Waals surface area contributed by atoms with Crippen LogP contribution in [0.1, 0.15) is 5.56 Å². The summed E-state index contributed by atoms with van der Waals surface area (Å²) >= 11 is 0. The summed E-state index contributed by atoms with van der Waals surface area (Å²) in [5.41, 5.74) is 1.00. The normalized spacial score (nSPS) is 10.9. The molecular weight excluding hydrogens is 262 g/mol. The average Bonchev–Trinajstić information content (AvgIpc) is 2.43. The van der Waals surface area contributed by atoms with Gasteiger partial charge in [-0.3, -0.25) is 4.79 Å². The summed E-state index contributed by atoms with van der Waals surface area (Å²) in [7, 11) is 0. The van der Waals surface area contributed by atoms with E-state index in [1.807, 2.05) is 19.1 Å². The number of nitrogens with zero attached hydrogens (tertiary/aromatic N) is 2. The van der Waals surface area contributed by atoms with Crippen LogP contribution in [0.15, 0.2) is 47.4 Å². The van der Waals surface area contributed by atoms with Crippen molar-refractivity contribution in [3.8, 4) is 5.69 Å². The molecule has 0 aliphatic rings. The van der Waals surface area contributed by atoms with Gasteiger partial charge < -0.3 is 0 Å². The highest BCUT2D eigenvalue weighted by Gasteiger charge is 2.11. The lowest BCUT2D eigenvalue weighted by atomic mass is 10.1. The van der Waals surface area contributed by atoms with Gasteiger partial charge in [-0.15, -0.1) is 0 Å². The number of aromatic nitrogens is 2. The lowest BCUT2D eigenvalue weighted by molar-refractivity contribution is 0.510. The summed E-state index contributed by atoms with van der Waals surface area (Å²) in [6.45, 7) is 1.85. The SMILES string of the molecule is Cc1ccccc1-n1ncc2cc(F)c(F)cc2c1=O. The van der Waals surface area contributed by atoms with Crippen molar-refractivity contribution in [2.75, 3.05) is 0 Å². The molecule has 1 aromatic heterocycles. The monoisotopic (exact) mass is 272 g/mol. The fraction of sp³-hybridized carbons (Fsp3) is 0.0667. The molecule has 3 rings (SSSR count).